The number of unbranched alkanes of at least 4 members (excludes halogenated alkanes) is 16. The molecule has 0 unspecified atom stereocenters. The van der Waals surface area contributed by atoms with Gasteiger partial charge in [-0.3, -0.25) is 0 Å². The van der Waals surface area contributed by atoms with Crippen LogP contribution in [0, 0.1) is 0 Å². The lowest BCUT2D eigenvalue weighted by Gasteiger charge is -2.07. The fraction of sp³-hybridized carbons (Fsp3) is 0.625. The number of hydrogen-bond donors (Lipinski definition) is 0. The Hall–Kier alpha value is -1.56. The molecule has 0 aliphatic heterocycles. The molecule has 0 bridgehead atoms. The summed E-state index contributed by atoms with van der Waals surface area (Å²) in [6.45, 7) is 2.27. The van der Waals surface area contributed by atoms with E-state index in [0.29, 0.717) is 0 Å². The van der Waals surface area contributed by atoms with E-state index < -0.39 is 0 Å². The maximum absolute atomic E-state index is 2.40. The van der Waals surface area contributed by atoms with Crippen LogP contribution in [0.2, 0.25) is 0 Å². The SMILES string of the molecule is CCCC/C=C/CCCCCCCCCCCCCCCCc1cccc2ccccc12. The lowest BCUT2D eigenvalue weighted by molar-refractivity contribution is 0.534. The fourth-order valence-corrected chi connectivity index (χ4v) is 4.77. The van der Waals surface area contributed by atoms with E-state index in [0.717, 1.165) is 0 Å². The highest BCUT2D eigenvalue weighted by molar-refractivity contribution is 5.85. The molecule has 0 saturated heterocycles. The molecule has 2 rings (SSSR count). The number of allylic oxidation sites excluding steroid dienone is 2. The minimum absolute atomic E-state index is 1.23. The van der Waals surface area contributed by atoms with E-state index in [2.05, 4.69) is 61.5 Å². The lowest BCUT2D eigenvalue weighted by atomic mass is 9.99. The van der Waals surface area contributed by atoms with Crippen LogP contribution in [0.3, 0.4) is 0 Å². The smallest absolute Gasteiger partial charge is 0.0152 e. The zero-order valence-corrected chi connectivity index (χ0v) is 21.1. The van der Waals surface area contributed by atoms with Gasteiger partial charge in [-0.05, 0) is 48.4 Å². The maximum Gasteiger partial charge on any atom is -0.0152 e. The molecular weight excluding hydrogens is 384 g/mol. The summed E-state index contributed by atoms with van der Waals surface area (Å²) in [6, 6.07) is 15.6. The summed E-state index contributed by atoms with van der Waals surface area (Å²) < 4.78 is 0. The number of fused-ring (bicyclic) bond motifs is 1. The normalized spacial score (nSPS) is 11.7. The molecule has 0 fully saturated rings. The first-order valence-corrected chi connectivity index (χ1v) is 14.0. The minimum atomic E-state index is 1.23. The highest BCUT2D eigenvalue weighted by Gasteiger charge is 2.00. The average molecular weight is 435 g/mol. The van der Waals surface area contributed by atoms with Crippen LogP contribution in [0.1, 0.15) is 128 Å². The van der Waals surface area contributed by atoms with Crippen molar-refractivity contribution in [2.24, 2.45) is 0 Å². The van der Waals surface area contributed by atoms with Gasteiger partial charge < -0.3 is 0 Å². The van der Waals surface area contributed by atoms with Crippen molar-refractivity contribution in [1.29, 1.82) is 0 Å². The van der Waals surface area contributed by atoms with Crippen LogP contribution in [0.5, 0.6) is 0 Å². The fourth-order valence-electron chi connectivity index (χ4n) is 4.77. The highest BCUT2D eigenvalue weighted by atomic mass is 14.1. The topological polar surface area (TPSA) is 0 Å². The van der Waals surface area contributed by atoms with Gasteiger partial charge in [-0.2, -0.15) is 0 Å². The van der Waals surface area contributed by atoms with Crippen LogP contribution in [0.4, 0.5) is 0 Å². The van der Waals surface area contributed by atoms with Crippen LogP contribution in [-0.2, 0) is 6.42 Å². The second-order valence-corrected chi connectivity index (χ2v) is 9.74. The Morgan fingerprint density at radius 3 is 1.62 bits per heavy atom. The van der Waals surface area contributed by atoms with Gasteiger partial charge in [-0.25, -0.2) is 0 Å². The zero-order valence-electron chi connectivity index (χ0n) is 21.1. The third-order valence-electron chi connectivity index (χ3n) is 6.84. The summed E-state index contributed by atoms with van der Waals surface area (Å²) in [5.74, 6) is 0. The first kappa shape index (κ1) is 26.7. The summed E-state index contributed by atoms with van der Waals surface area (Å²) in [4.78, 5) is 0. The zero-order chi connectivity index (χ0) is 22.5. The minimum Gasteiger partial charge on any atom is -0.0885 e. The van der Waals surface area contributed by atoms with Gasteiger partial charge in [0.25, 0.3) is 0 Å². The summed E-state index contributed by atoms with van der Waals surface area (Å²) >= 11 is 0. The van der Waals surface area contributed by atoms with Crippen molar-refractivity contribution in [3.8, 4) is 0 Å². The number of benzene rings is 2. The second kappa shape index (κ2) is 19.0. The summed E-state index contributed by atoms with van der Waals surface area (Å²) in [7, 11) is 0. The standard InChI is InChI=1S/C32H50/c1-2-3-4-5-6-7-8-9-10-11-12-13-14-15-16-17-18-19-20-21-25-30-27-24-28-31-26-22-23-29-32(30)31/h5-6,22-24,26-29H,2-4,7-21,25H2,1H3/b6-5+. The van der Waals surface area contributed by atoms with Crippen molar-refractivity contribution in [1.82, 2.24) is 0 Å². The Balaban J connectivity index is 1.31. The van der Waals surface area contributed by atoms with Gasteiger partial charge in [0.05, 0.1) is 0 Å². The van der Waals surface area contributed by atoms with Gasteiger partial charge in [0.15, 0.2) is 0 Å². The van der Waals surface area contributed by atoms with E-state index in [-0.39, 0.29) is 0 Å². The van der Waals surface area contributed by atoms with E-state index in [1.165, 1.54) is 138 Å². The molecule has 0 aliphatic rings. The van der Waals surface area contributed by atoms with E-state index in [4.69, 9.17) is 0 Å². The van der Waals surface area contributed by atoms with Crippen molar-refractivity contribution in [3.05, 3.63) is 60.2 Å². The molecule has 0 N–H and O–H groups in total. The van der Waals surface area contributed by atoms with Crippen LogP contribution in [-0.4, -0.2) is 0 Å². The van der Waals surface area contributed by atoms with Crippen LogP contribution >= 0.6 is 0 Å². The Morgan fingerprint density at radius 1 is 0.500 bits per heavy atom. The van der Waals surface area contributed by atoms with Gasteiger partial charge in [-0.1, -0.05) is 151 Å². The molecule has 2 aromatic carbocycles. The molecule has 2 aromatic rings. The Kier molecular flexibility index (Phi) is 15.8. The third kappa shape index (κ3) is 12.5. The summed E-state index contributed by atoms with van der Waals surface area (Å²) in [5.41, 5.74) is 1.53. The molecule has 0 aliphatic carbocycles. The molecule has 0 heteroatoms. The van der Waals surface area contributed by atoms with E-state index in [1.54, 1.807) is 0 Å². The molecule has 0 nitrogen and oxygen atoms in total. The number of aryl methyl sites for hydroxylation is 1. The van der Waals surface area contributed by atoms with E-state index in [9.17, 15) is 0 Å². The quantitative estimate of drug-likeness (QED) is 0.143. The molecule has 32 heavy (non-hydrogen) atoms. The average Bonchev–Trinajstić information content (AvgIpc) is 2.83. The number of hydrogen-bond acceptors (Lipinski definition) is 0. The van der Waals surface area contributed by atoms with Gasteiger partial charge in [0.2, 0.25) is 0 Å². The monoisotopic (exact) mass is 434 g/mol. The summed E-state index contributed by atoms with van der Waals surface area (Å²) in [6.07, 6.45) is 31.3. The van der Waals surface area contributed by atoms with Crippen molar-refractivity contribution < 1.29 is 0 Å². The van der Waals surface area contributed by atoms with Gasteiger partial charge in [0, 0.05) is 0 Å². The molecule has 0 heterocycles. The predicted octanol–water partition coefficient (Wildman–Crippen LogP) is 11.0. The first-order chi connectivity index (χ1) is 15.9. The van der Waals surface area contributed by atoms with Crippen molar-refractivity contribution >= 4 is 10.8 Å². The van der Waals surface area contributed by atoms with Crippen LogP contribution in [0.15, 0.2) is 54.6 Å². The maximum atomic E-state index is 2.40. The molecule has 178 valence electrons. The van der Waals surface area contributed by atoms with Crippen molar-refractivity contribution in [2.75, 3.05) is 0 Å². The van der Waals surface area contributed by atoms with Crippen molar-refractivity contribution in [2.45, 2.75) is 129 Å². The molecular formula is C32H50. The van der Waals surface area contributed by atoms with E-state index >= 15 is 0 Å². The molecule has 0 atom stereocenters. The molecule has 0 radical (unpaired) electrons. The number of rotatable bonds is 20. The second-order valence-electron chi connectivity index (χ2n) is 9.74. The van der Waals surface area contributed by atoms with Crippen LogP contribution in [0.25, 0.3) is 10.8 Å². The molecule has 0 spiro atoms. The Bertz CT molecular complexity index is 706. The van der Waals surface area contributed by atoms with Gasteiger partial charge in [-0.15, -0.1) is 0 Å². The Morgan fingerprint density at radius 2 is 1.00 bits per heavy atom. The van der Waals surface area contributed by atoms with Gasteiger partial charge in [0.1, 0.15) is 0 Å². The van der Waals surface area contributed by atoms with Crippen molar-refractivity contribution in [3.63, 3.8) is 0 Å². The van der Waals surface area contributed by atoms with Gasteiger partial charge >= 0.3 is 0 Å². The predicted molar refractivity (Wildman–Crippen MR) is 146 cm³/mol. The summed E-state index contributed by atoms with van der Waals surface area (Å²) in [5, 5.41) is 2.83. The van der Waals surface area contributed by atoms with E-state index in [1.807, 2.05) is 0 Å². The molecule has 0 saturated carbocycles. The lowest BCUT2D eigenvalue weighted by Crippen LogP contribution is -1.88. The Labute approximate surface area is 199 Å². The highest BCUT2D eigenvalue weighted by Crippen LogP contribution is 2.21. The first-order valence-electron chi connectivity index (χ1n) is 14.0. The largest absolute Gasteiger partial charge is 0.0885 e. The molecule has 0 amide bonds. The third-order valence-corrected chi connectivity index (χ3v) is 6.84. The molecule has 0 aromatic heterocycles. The van der Waals surface area contributed by atoms with Crippen LogP contribution < -0.4 is 0 Å².